The zero-order valence-corrected chi connectivity index (χ0v) is 22.5. The maximum Gasteiger partial charge on any atom is 0.404 e. The van der Waals surface area contributed by atoms with Gasteiger partial charge in [0.1, 0.15) is 11.9 Å². The van der Waals surface area contributed by atoms with Gasteiger partial charge in [0.15, 0.2) is 5.92 Å². The van der Waals surface area contributed by atoms with Gasteiger partial charge in [0, 0.05) is 74.1 Å². The van der Waals surface area contributed by atoms with Crippen molar-refractivity contribution in [3.8, 4) is 28.3 Å². The number of nitriles is 1. The van der Waals surface area contributed by atoms with Crippen LogP contribution in [-0.2, 0) is 11.8 Å². The zero-order chi connectivity index (χ0) is 29.4. The number of anilines is 1. The van der Waals surface area contributed by atoms with Crippen molar-refractivity contribution in [3.63, 3.8) is 0 Å². The van der Waals surface area contributed by atoms with Crippen LogP contribution in [-0.4, -0.2) is 67.5 Å². The molecule has 0 N–H and O–H groups in total. The van der Waals surface area contributed by atoms with Crippen LogP contribution in [0.5, 0.6) is 0 Å². The number of halogens is 3. The molecule has 0 saturated carbocycles. The molecule has 1 unspecified atom stereocenters. The minimum Gasteiger partial charge on any atom is -0.353 e. The topological polar surface area (TPSA) is 95.3 Å². The first kappa shape index (κ1) is 27.0. The summed E-state index contributed by atoms with van der Waals surface area (Å²) in [5, 5.41) is 18.3. The lowest BCUT2D eigenvalue weighted by Crippen LogP contribution is -2.51. The number of amides is 1. The standard InChI is InChI=1S/C30H25F3N8O/c1-38-18-24(17-36-38)22-13-25(28-23(14-34)16-37-41(28)19-22)21-7-8-26(35-15-21)39-9-11-40(12-10-39)29(42)27(30(31,32)33)20-5-3-2-4-6-20/h2-8,13,15-19,27H,9-12H2,1H3. The van der Waals surface area contributed by atoms with E-state index in [1.54, 1.807) is 27.7 Å². The van der Waals surface area contributed by atoms with E-state index >= 15 is 0 Å². The number of hydrogen-bond acceptors (Lipinski definition) is 6. The second kappa shape index (κ2) is 10.7. The average molecular weight is 571 g/mol. The third-order valence-corrected chi connectivity index (χ3v) is 7.45. The summed E-state index contributed by atoms with van der Waals surface area (Å²) >= 11 is 0. The lowest BCUT2D eigenvalue weighted by atomic mass is 9.96. The fourth-order valence-corrected chi connectivity index (χ4v) is 5.34. The fraction of sp³-hybridized carbons (Fsp3) is 0.233. The van der Waals surface area contributed by atoms with Crippen LogP contribution in [0.25, 0.3) is 27.8 Å². The molecule has 4 aromatic heterocycles. The lowest BCUT2D eigenvalue weighted by Gasteiger charge is -2.37. The Kier molecular flexibility index (Phi) is 6.86. The largest absolute Gasteiger partial charge is 0.404 e. The van der Waals surface area contributed by atoms with Gasteiger partial charge in [0.2, 0.25) is 5.91 Å². The van der Waals surface area contributed by atoms with Crippen LogP contribution in [0.15, 0.2) is 79.5 Å². The molecule has 1 amide bonds. The van der Waals surface area contributed by atoms with Gasteiger partial charge in [-0.05, 0) is 23.8 Å². The van der Waals surface area contributed by atoms with Crippen molar-refractivity contribution < 1.29 is 18.0 Å². The second-order valence-corrected chi connectivity index (χ2v) is 10.1. The van der Waals surface area contributed by atoms with Crippen LogP contribution < -0.4 is 4.90 Å². The Labute approximate surface area is 239 Å². The lowest BCUT2D eigenvalue weighted by molar-refractivity contribution is -0.172. The van der Waals surface area contributed by atoms with Gasteiger partial charge in [-0.1, -0.05) is 30.3 Å². The van der Waals surface area contributed by atoms with E-state index < -0.39 is 18.0 Å². The van der Waals surface area contributed by atoms with Crippen LogP contribution in [0.2, 0.25) is 0 Å². The first-order valence-electron chi connectivity index (χ1n) is 13.3. The molecule has 1 aliphatic heterocycles. The Balaban J connectivity index is 1.22. The van der Waals surface area contributed by atoms with Gasteiger partial charge >= 0.3 is 6.18 Å². The van der Waals surface area contributed by atoms with Gasteiger partial charge in [-0.15, -0.1) is 0 Å². The zero-order valence-electron chi connectivity index (χ0n) is 22.5. The van der Waals surface area contributed by atoms with E-state index in [0.717, 1.165) is 22.3 Å². The Bertz CT molecular complexity index is 1780. The van der Waals surface area contributed by atoms with Crippen LogP contribution >= 0.6 is 0 Å². The van der Waals surface area contributed by atoms with Crippen molar-refractivity contribution in [2.45, 2.75) is 12.1 Å². The summed E-state index contributed by atoms with van der Waals surface area (Å²) in [6, 6.07) is 15.2. The highest BCUT2D eigenvalue weighted by atomic mass is 19.4. The number of carbonyl (C=O) groups is 1. The summed E-state index contributed by atoms with van der Waals surface area (Å²) in [6.45, 7) is 0.992. The van der Waals surface area contributed by atoms with Crippen molar-refractivity contribution >= 4 is 17.2 Å². The average Bonchev–Trinajstić information content (AvgIpc) is 3.63. The molecule has 1 fully saturated rings. The fourth-order valence-electron chi connectivity index (χ4n) is 5.34. The van der Waals surface area contributed by atoms with Gasteiger partial charge in [-0.3, -0.25) is 9.48 Å². The van der Waals surface area contributed by atoms with Gasteiger partial charge < -0.3 is 9.80 Å². The summed E-state index contributed by atoms with van der Waals surface area (Å²) in [6.07, 6.45) is 4.03. The Morgan fingerprint density at radius 1 is 0.929 bits per heavy atom. The first-order valence-corrected chi connectivity index (χ1v) is 13.3. The maximum absolute atomic E-state index is 13.9. The number of rotatable bonds is 5. The van der Waals surface area contributed by atoms with Crippen molar-refractivity contribution in [2.75, 3.05) is 31.1 Å². The van der Waals surface area contributed by atoms with Gasteiger partial charge in [0.25, 0.3) is 0 Å². The molecule has 0 aliphatic carbocycles. The quantitative estimate of drug-likeness (QED) is 0.305. The number of benzene rings is 1. The molecular formula is C30H25F3N8O. The highest BCUT2D eigenvalue weighted by molar-refractivity contribution is 5.88. The Morgan fingerprint density at radius 3 is 2.31 bits per heavy atom. The van der Waals surface area contributed by atoms with Crippen LogP contribution in [0.1, 0.15) is 17.0 Å². The van der Waals surface area contributed by atoms with Crippen LogP contribution in [0, 0.1) is 11.3 Å². The maximum atomic E-state index is 13.9. The number of fused-ring (bicyclic) bond motifs is 1. The summed E-state index contributed by atoms with van der Waals surface area (Å²) in [5.74, 6) is -2.48. The summed E-state index contributed by atoms with van der Waals surface area (Å²) in [7, 11) is 1.83. The van der Waals surface area contributed by atoms with E-state index in [2.05, 4.69) is 21.3 Å². The molecule has 5 aromatic rings. The van der Waals surface area contributed by atoms with Crippen LogP contribution in [0.4, 0.5) is 19.0 Å². The number of aryl methyl sites for hydroxylation is 1. The predicted octanol–water partition coefficient (Wildman–Crippen LogP) is 4.66. The number of alkyl halides is 3. The molecular weight excluding hydrogens is 545 g/mol. The molecule has 42 heavy (non-hydrogen) atoms. The van der Waals surface area contributed by atoms with Gasteiger partial charge in [-0.2, -0.15) is 28.6 Å². The van der Waals surface area contributed by atoms with Crippen LogP contribution in [0.3, 0.4) is 0 Å². The minimum absolute atomic E-state index is 0.0610. The summed E-state index contributed by atoms with van der Waals surface area (Å²) < 4.78 is 45.0. The molecule has 12 heteroatoms. The van der Waals surface area contributed by atoms with E-state index in [1.807, 2.05) is 42.5 Å². The van der Waals surface area contributed by atoms with Crippen molar-refractivity contribution in [2.24, 2.45) is 7.05 Å². The number of carbonyl (C=O) groups excluding carboxylic acids is 1. The number of pyridine rings is 2. The second-order valence-electron chi connectivity index (χ2n) is 10.1. The van der Waals surface area contributed by atoms with E-state index in [1.165, 1.54) is 35.4 Å². The molecule has 1 aliphatic rings. The molecule has 5 heterocycles. The van der Waals surface area contributed by atoms with Crippen molar-refractivity contribution in [1.29, 1.82) is 5.26 Å². The van der Waals surface area contributed by atoms with E-state index in [0.29, 0.717) is 30.0 Å². The predicted molar refractivity (Wildman–Crippen MR) is 149 cm³/mol. The van der Waals surface area contributed by atoms with Gasteiger partial charge in [-0.25, -0.2) is 9.50 Å². The molecule has 0 spiro atoms. The highest BCUT2D eigenvalue weighted by Crippen LogP contribution is 2.37. The number of nitrogens with zero attached hydrogens (tertiary/aromatic N) is 8. The Hall–Kier alpha value is -5.18. The summed E-state index contributed by atoms with van der Waals surface area (Å²) in [4.78, 5) is 20.9. The highest BCUT2D eigenvalue weighted by Gasteiger charge is 2.47. The monoisotopic (exact) mass is 570 g/mol. The molecule has 6 rings (SSSR count). The number of aromatic nitrogens is 5. The smallest absolute Gasteiger partial charge is 0.353 e. The van der Waals surface area contributed by atoms with E-state index in [9.17, 15) is 23.2 Å². The molecule has 212 valence electrons. The first-order chi connectivity index (χ1) is 20.2. The molecule has 0 radical (unpaired) electrons. The van der Waals surface area contributed by atoms with Gasteiger partial charge in [0.05, 0.1) is 23.5 Å². The third kappa shape index (κ3) is 5.05. The molecule has 1 atom stereocenters. The minimum atomic E-state index is -4.69. The third-order valence-electron chi connectivity index (χ3n) is 7.45. The molecule has 9 nitrogen and oxygen atoms in total. The number of hydrogen-bond donors (Lipinski definition) is 0. The van der Waals surface area contributed by atoms with Crippen molar-refractivity contribution in [3.05, 3.63) is 90.6 Å². The molecule has 1 saturated heterocycles. The SMILES string of the molecule is Cn1cc(-c2cc(-c3ccc(N4CCN(C(=O)C(c5ccccc5)C(F)(F)F)CC4)nc3)c3c(C#N)cnn3c2)cn1. The Morgan fingerprint density at radius 2 is 1.69 bits per heavy atom. The summed E-state index contributed by atoms with van der Waals surface area (Å²) in [5.41, 5.74) is 4.34. The van der Waals surface area contributed by atoms with E-state index in [4.69, 9.17) is 0 Å². The van der Waals surface area contributed by atoms with E-state index in [-0.39, 0.29) is 18.7 Å². The van der Waals surface area contributed by atoms with Crippen molar-refractivity contribution in [1.82, 2.24) is 29.3 Å². The normalized spacial score (nSPS) is 14.6. The molecule has 0 bridgehead atoms. The number of piperazine rings is 1. The molecule has 1 aromatic carbocycles.